The van der Waals surface area contributed by atoms with E-state index in [0.29, 0.717) is 10.6 Å². The van der Waals surface area contributed by atoms with Gasteiger partial charge in [0.25, 0.3) is 5.91 Å². The molecule has 3 aromatic carbocycles. The van der Waals surface area contributed by atoms with Crippen LogP contribution in [0.5, 0.6) is 0 Å². The maximum absolute atomic E-state index is 13.5. The summed E-state index contributed by atoms with van der Waals surface area (Å²) in [6.07, 6.45) is 1.97. The van der Waals surface area contributed by atoms with Gasteiger partial charge < -0.3 is 4.90 Å². The van der Waals surface area contributed by atoms with Gasteiger partial charge in [-0.1, -0.05) is 84.4 Å². The fraction of sp³-hybridized carbons (Fsp3) is 0.192. The van der Waals surface area contributed by atoms with Crippen LogP contribution in [0.15, 0.2) is 84.9 Å². The second-order valence-corrected chi connectivity index (χ2v) is 7.97. The summed E-state index contributed by atoms with van der Waals surface area (Å²) >= 11 is 6.07. The van der Waals surface area contributed by atoms with E-state index in [2.05, 4.69) is 29.2 Å². The van der Waals surface area contributed by atoms with E-state index in [1.54, 1.807) is 0 Å². The molecular weight excluding hydrogens is 392 g/mol. The van der Waals surface area contributed by atoms with Crippen LogP contribution in [-0.2, 0) is 11.3 Å². The van der Waals surface area contributed by atoms with E-state index in [9.17, 15) is 4.79 Å². The van der Waals surface area contributed by atoms with E-state index in [4.69, 9.17) is 11.6 Å². The van der Waals surface area contributed by atoms with Gasteiger partial charge in [-0.25, -0.2) is 0 Å². The fourth-order valence-corrected chi connectivity index (χ4v) is 3.86. The van der Waals surface area contributed by atoms with Gasteiger partial charge >= 0.3 is 0 Å². The predicted molar refractivity (Wildman–Crippen MR) is 124 cm³/mol. The van der Waals surface area contributed by atoms with Crippen molar-refractivity contribution in [1.29, 1.82) is 0 Å². The Morgan fingerprint density at radius 2 is 1.40 bits per heavy atom. The number of amides is 1. The van der Waals surface area contributed by atoms with Crippen LogP contribution in [-0.4, -0.2) is 41.9 Å². The molecule has 1 fully saturated rings. The zero-order chi connectivity index (χ0) is 20.8. The summed E-state index contributed by atoms with van der Waals surface area (Å²) in [6, 6.07) is 28.0. The summed E-state index contributed by atoms with van der Waals surface area (Å²) in [5, 5.41) is 0.666. The number of hydrogen-bond acceptors (Lipinski definition) is 2. The quantitative estimate of drug-likeness (QED) is 0.420. The van der Waals surface area contributed by atoms with Gasteiger partial charge in [-0.05, 0) is 34.9 Å². The van der Waals surface area contributed by atoms with E-state index < -0.39 is 0 Å². The molecule has 1 aliphatic heterocycles. The Morgan fingerprint density at radius 1 is 0.800 bits per heavy atom. The summed E-state index contributed by atoms with van der Waals surface area (Å²) in [6.45, 7) is 4.13. The normalized spacial score (nSPS) is 15.2. The minimum Gasteiger partial charge on any atom is -0.336 e. The van der Waals surface area contributed by atoms with Crippen molar-refractivity contribution in [2.24, 2.45) is 0 Å². The molecule has 0 saturated carbocycles. The number of carbonyl (C=O) groups is 1. The highest BCUT2D eigenvalue weighted by Gasteiger charge is 2.24. The van der Waals surface area contributed by atoms with Crippen LogP contribution < -0.4 is 0 Å². The monoisotopic (exact) mass is 416 g/mol. The molecule has 0 aliphatic carbocycles. The second kappa shape index (κ2) is 9.75. The van der Waals surface area contributed by atoms with Gasteiger partial charge in [-0.2, -0.15) is 0 Å². The van der Waals surface area contributed by atoms with Crippen molar-refractivity contribution in [3.8, 4) is 0 Å². The first-order chi connectivity index (χ1) is 14.7. The average molecular weight is 417 g/mol. The van der Waals surface area contributed by atoms with E-state index in [-0.39, 0.29) is 5.91 Å². The largest absolute Gasteiger partial charge is 0.336 e. The number of rotatable bonds is 5. The molecule has 0 spiro atoms. The zero-order valence-electron chi connectivity index (χ0n) is 16.9. The van der Waals surface area contributed by atoms with Gasteiger partial charge in [0.2, 0.25) is 0 Å². The van der Waals surface area contributed by atoms with Gasteiger partial charge in [-0.3, -0.25) is 9.69 Å². The zero-order valence-corrected chi connectivity index (χ0v) is 17.6. The number of piperazine rings is 1. The molecule has 3 nitrogen and oxygen atoms in total. The van der Waals surface area contributed by atoms with Gasteiger partial charge in [0, 0.05) is 43.3 Å². The van der Waals surface area contributed by atoms with Crippen LogP contribution in [0, 0.1) is 0 Å². The van der Waals surface area contributed by atoms with E-state index in [0.717, 1.165) is 43.9 Å². The van der Waals surface area contributed by atoms with Crippen LogP contribution >= 0.6 is 11.6 Å². The highest BCUT2D eigenvalue weighted by atomic mass is 35.5. The molecule has 1 saturated heterocycles. The maximum Gasteiger partial charge on any atom is 0.254 e. The summed E-state index contributed by atoms with van der Waals surface area (Å²) in [5.74, 6) is 0.0699. The third-order valence-corrected chi connectivity index (χ3v) is 5.66. The minimum absolute atomic E-state index is 0.0699. The van der Waals surface area contributed by atoms with Crippen LogP contribution in [0.3, 0.4) is 0 Å². The van der Waals surface area contributed by atoms with Crippen molar-refractivity contribution in [2.45, 2.75) is 6.54 Å². The third kappa shape index (κ3) is 5.18. The number of benzene rings is 3. The molecule has 0 atom stereocenters. The second-order valence-electron chi connectivity index (χ2n) is 7.53. The van der Waals surface area contributed by atoms with Gasteiger partial charge in [0.05, 0.1) is 0 Å². The van der Waals surface area contributed by atoms with Crippen molar-refractivity contribution >= 4 is 29.2 Å². The molecule has 1 amide bonds. The molecule has 1 heterocycles. The Labute approximate surface area is 183 Å². The molecule has 152 valence electrons. The molecule has 4 heteroatoms. The lowest BCUT2D eigenvalue weighted by Crippen LogP contribution is -2.48. The summed E-state index contributed by atoms with van der Waals surface area (Å²) < 4.78 is 0. The van der Waals surface area contributed by atoms with E-state index in [1.807, 2.05) is 71.6 Å². The Hall–Kier alpha value is -2.88. The summed E-state index contributed by atoms with van der Waals surface area (Å²) in [5.41, 5.74) is 3.91. The highest BCUT2D eigenvalue weighted by Crippen LogP contribution is 2.24. The Bertz CT molecular complexity index is 992. The summed E-state index contributed by atoms with van der Waals surface area (Å²) in [7, 11) is 0. The Morgan fingerprint density at radius 3 is 2.03 bits per heavy atom. The molecule has 0 N–H and O–H groups in total. The van der Waals surface area contributed by atoms with Gasteiger partial charge in [0.15, 0.2) is 0 Å². The predicted octanol–water partition coefficient (Wildman–Crippen LogP) is 5.23. The van der Waals surface area contributed by atoms with E-state index >= 15 is 0 Å². The average Bonchev–Trinajstić information content (AvgIpc) is 2.80. The van der Waals surface area contributed by atoms with Gasteiger partial charge in [0.1, 0.15) is 0 Å². The topological polar surface area (TPSA) is 23.6 Å². The lowest BCUT2D eigenvalue weighted by Gasteiger charge is -2.35. The van der Waals surface area contributed by atoms with Crippen LogP contribution in [0.2, 0.25) is 5.02 Å². The smallest absolute Gasteiger partial charge is 0.254 e. The first-order valence-corrected chi connectivity index (χ1v) is 10.6. The fourth-order valence-electron chi connectivity index (χ4n) is 3.73. The molecule has 1 aliphatic rings. The van der Waals surface area contributed by atoms with Crippen LogP contribution in [0.25, 0.3) is 11.6 Å². The lowest BCUT2D eigenvalue weighted by atomic mass is 10.0. The number of nitrogens with zero attached hydrogens (tertiary/aromatic N) is 2. The number of halogens is 1. The van der Waals surface area contributed by atoms with Crippen molar-refractivity contribution < 1.29 is 4.79 Å². The van der Waals surface area contributed by atoms with Crippen molar-refractivity contribution in [1.82, 2.24) is 9.80 Å². The molecule has 0 unspecified atom stereocenters. The van der Waals surface area contributed by atoms with E-state index in [1.165, 1.54) is 5.56 Å². The number of carbonyl (C=O) groups excluding carboxylic acids is 1. The van der Waals surface area contributed by atoms with Gasteiger partial charge in [-0.15, -0.1) is 0 Å². The molecule has 4 rings (SSSR count). The molecule has 30 heavy (non-hydrogen) atoms. The Balaban J connectivity index is 1.50. The first-order valence-electron chi connectivity index (χ1n) is 10.3. The number of hydrogen-bond donors (Lipinski definition) is 0. The molecular formula is C26H25ClN2O. The molecule has 0 bridgehead atoms. The van der Waals surface area contributed by atoms with Crippen molar-refractivity contribution in [3.63, 3.8) is 0 Å². The third-order valence-electron chi connectivity index (χ3n) is 5.40. The van der Waals surface area contributed by atoms with Crippen LogP contribution in [0.1, 0.15) is 16.7 Å². The lowest BCUT2D eigenvalue weighted by molar-refractivity contribution is -0.126. The molecule has 3 aromatic rings. The SMILES string of the molecule is O=C(/C(=C/c1ccccc1)c1ccc(Cl)cc1)N1CCN(Cc2ccccc2)CC1. The van der Waals surface area contributed by atoms with Crippen LogP contribution in [0.4, 0.5) is 0 Å². The van der Waals surface area contributed by atoms with Crippen molar-refractivity contribution in [2.75, 3.05) is 26.2 Å². The minimum atomic E-state index is 0.0699. The standard InChI is InChI=1S/C26H25ClN2O/c27-24-13-11-23(12-14-24)25(19-21-7-3-1-4-8-21)26(30)29-17-15-28(16-18-29)20-22-9-5-2-6-10-22/h1-14,19H,15-18,20H2/b25-19+. The highest BCUT2D eigenvalue weighted by molar-refractivity contribution is 6.31. The summed E-state index contributed by atoms with van der Waals surface area (Å²) in [4.78, 5) is 17.8. The van der Waals surface area contributed by atoms with Crippen molar-refractivity contribution in [3.05, 3.63) is 107 Å². The Kier molecular flexibility index (Phi) is 6.63. The maximum atomic E-state index is 13.5. The molecule has 0 aromatic heterocycles. The first kappa shape index (κ1) is 20.4. The molecule has 0 radical (unpaired) electrons.